The number of nitro groups is 1. The van der Waals surface area contributed by atoms with Gasteiger partial charge in [-0.3, -0.25) is 30.6 Å². The number of hydrazine groups is 1. The number of carbonyl (C=O) groups excluding carboxylic acids is 2. The summed E-state index contributed by atoms with van der Waals surface area (Å²) in [6.07, 6.45) is -1.06. The molecule has 0 radical (unpaired) electrons. The van der Waals surface area contributed by atoms with Crippen molar-refractivity contribution >= 4 is 17.5 Å². The molecule has 0 saturated heterocycles. The summed E-state index contributed by atoms with van der Waals surface area (Å²) < 4.78 is 10.3. The van der Waals surface area contributed by atoms with Crippen LogP contribution in [0.3, 0.4) is 0 Å². The first-order chi connectivity index (χ1) is 12.4. The highest BCUT2D eigenvalue weighted by molar-refractivity contribution is 5.95. The molecular formula is C17H17N3O6. The van der Waals surface area contributed by atoms with Crippen LogP contribution in [-0.4, -0.2) is 30.0 Å². The molecule has 0 bridgehead atoms. The van der Waals surface area contributed by atoms with Crippen molar-refractivity contribution in [2.24, 2.45) is 0 Å². The van der Waals surface area contributed by atoms with Gasteiger partial charge in [0, 0.05) is 11.6 Å². The number of nitro benzene ring substituents is 1. The number of ether oxygens (including phenoxy) is 2. The highest BCUT2D eigenvalue weighted by Crippen LogP contribution is 2.26. The monoisotopic (exact) mass is 359 g/mol. The lowest BCUT2D eigenvalue weighted by Crippen LogP contribution is -2.47. The SMILES string of the molecule is COc1ccc(C(=O)NNC(=O)[C@@H](C)Oc2ccccc2[N+](=O)[O-])cc1. The van der Waals surface area contributed by atoms with E-state index in [4.69, 9.17) is 9.47 Å². The number of rotatable bonds is 6. The molecule has 0 aliphatic rings. The van der Waals surface area contributed by atoms with Crippen LogP contribution in [0.15, 0.2) is 48.5 Å². The zero-order valence-corrected chi connectivity index (χ0v) is 14.1. The number of benzene rings is 2. The molecule has 0 heterocycles. The van der Waals surface area contributed by atoms with Crippen molar-refractivity contribution in [2.75, 3.05) is 7.11 Å². The van der Waals surface area contributed by atoms with Crippen LogP contribution < -0.4 is 20.3 Å². The molecule has 0 aliphatic carbocycles. The van der Waals surface area contributed by atoms with Gasteiger partial charge in [-0.25, -0.2) is 0 Å². The molecule has 136 valence electrons. The molecule has 0 unspecified atom stereocenters. The maximum absolute atomic E-state index is 12.0. The number of carbonyl (C=O) groups is 2. The Bertz CT molecular complexity index is 806. The average Bonchev–Trinajstić information content (AvgIpc) is 2.66. The highest BCUT2D eigenvalue weighted by Gasteiger charge is 2.21. The topological polar surface area (TPSA) is 120 Å². The van der Waals surface area contributed by atoms with Gasteiger partial charge in [0.05, 0.1) is 12.0 Å². The lowest BCUT2D eigenvalue weighted by atomic mass is 10.2. The Morgan fingerprint density at radius 1 is 1.08 bits per heavy atom. The summed E-state index contributed by atoms with van der Waals surface area (Å²) in [4.78, 5) is 34.3. The third-order valence-electron chi connectivity index (χ3n) is 3.39. The van der Waals surface area contributed by atoms with Gasteiger partial charge in [0.25, 0.3) is 11.8 Å². The van der Waals surface area contributed by atoms with E-state index in [9.17, 15) is 19.7 Å². The number of nitrogens with one attached hydrogen (secondary N) is 2. The van der Waals surface area contributed by atoms with Gasteiger partial charge >= 0.3 is 5.69 Å². The zero-order valence-electron chi connectivity index (χ0n) is 14.1. The molecule has 0 saturated carbocycles. The van der Waals surface area contributed by atoms with E-state index in [2.05, 4.69) is 10.9 Å². The van der Waals surface area contributed by atoms with Crippen LogP contribution in [0.2, 0.25) is 0 Å². The number of amides is 2. The number of nitrogens with zero attached hydrogens (tertiary/aromatic N) is 1. The average molecular weight is 359 g/mol. The summed E-state index contributed by atoms with van der Waals surface area (Å²) in [5, 5.41) is 10.9. The van der Waals surface area contributed by atoms with Crippen molar-refractivity contribution in [1.29, 1.82) is 0 Å². The van der Waals surface area contributed by atoms with Gasteiger partial charge in [0.1, 0.15) is 5.75 Å². The fraction of sp³-hybridized carbons (Fsp3) is 0.176. The van der Waals surface area contributed by atoms with Crippen molar-refractivity contribution in [3.8, 4) is 11.5 Å². The van der Waals surface area contributed by atoms with Crippen LogP contribution in [-0.2, 0) is 4.79 Å². The lowest BCUT2D eigenvalue weighted by molar-refractivity contribution is -0.386. The van der Waals surface area contributed by atoms with Gasteiger partial charge < -0.3 is 9.47 Å². The van der Waals surface area contributed by atoms with Gasteiger partial charge in [-0.15, -0.1) is 0 Å². The largest absolute Gasteiger partial charge is 0.497 e. The van der Waals surface area contributed by atoms with E-state index < -0.39 is 22.8 Å². The van der Waals surface area contributed by atoms with Crippen molar-refractivity contribution in [2.45, 2.75) is 13.0 Å². The summed E-state index contributed by atoms with van der Waals surface area (Å²) in [6.45, 7) is 1.41. The lowest BCUT2D eigenvalue weighted by Gasteiger charge is -2.15. The standard InChI is InChI=1S/C17H17N3O6/c1-11(26-15-6-4-3-5-14(15)20(23)24)16(21)18-19-17(22)12-7-9-13(25-2)10-8-12/h3-11H,1-2H3,(H,18,21)(H,19,22)/t11-/m1/s1. The fourth-order valence-corrected chi connectivity index (χ4v) is 1.99. The summed E-state index contributed by atoms with van der Waals surface area (Å²) in [7, 11) is 1.51. The van der Waals surface area contributed by atoms with Crippen molar-refractivity contribution < 1.29 is 24.0 Å². The third kappa shape index (κ3) is 4.69. The van der Waals surface area contributed by atoms with Gasteiger partial charge in [0.2, 0.25) is 0 Å². The second-order valence-electron chi connectivity index (χ2n) is 5.16. The molecule has 2 aromatic rings. The predicted octanol–water partition coefficient (Wildman–Crippen LogP) is 1.83. The van der Waals surface area contributed by atoms with Gasteiger partial charge in [-0.05, 0) is 37.3 Å². The first-order valence-electron chi connectivity index (χ1n) is 7.56. The van der Waals surface area contributed by atoms with E-state index in [1.165, 1.54) is 44.4 Å². The van der Waals surface area contributed by atoms with E-state index >= 15 is 0 Å². The molecule has 0 aliphatic heterocycles. The second kappa shape index (κ2) is 8.47. The smallest absolute Gasteiger partial charge is 0.310 e. The molecule has 9 heteroatoms. The van der Waals surface area contributed by atoms with Crippen LogP contribution in [0.1, 0.15) is 17.3 Å². The minimum absolute atomic E-state index is 0.0402. The Kier molecular flexibility index (Phi) is 6.10. The first-order valence-corrected chi connectivity index (χ1v) is 7.56. The molecule has 2 rings (SSSR count). The van der Waals surface area contributed by atoms with Crippen LogP contribution in [0.5, 0.6) is 11.5 Å². The molecule has 2 aromatic carbocycles. The van der Waals surface area contributed by atoms with E-state index in [-0.39, 0.29) is 11.4 Å². The normalized spacial score (nSPS) is 11.2. The minimum atomic E-state index is -1.06. The van der Waals surface area contributed by atoms with E-state index in [0.717, 1.165) is 0 Å². The Labute approximate surface area is 149 Å². The minimum Gasteiger partial charge on any atom is -0.497 e. The van der Waals surface area contributed by atoms with Gasteiger partial charge in [-0.1, -0.05) is 12.1 Å². The molecule has 0 spiro atoms. The molecule has 9 nitrogen and oxygen atoms in total. The zero-order chi connectivity index (χ0) is 19.1. The van der Waals surface area contributed by atoms with Crippen LogP contribution in [0, 0.1) is 10.1 Å². The van der Waals surface area contributed by atoms with Crippen LogP contribution in [0.4, 0.5) is 5.69 Å². The number of para-hydroxylation sites is 2. The first kappa shape index (κ1) is 18.7. The fourth-order valence-electron chi connectivity index (χ4n) is 1.99. The van der Waals surface area contributed by atoms with E-state index in [0.29, 0.717) is 11.3 Å². The molecule has 0 aromatic heterocycles. The Hall–Kier alpha value is -3.62. The third-order valence-corrected chi connectivity index (χ3v) is 3.39. The maximum Gasteiger partial charge on any atom is 0.310 e. The van der Waals surface area contributed by atoms with E-state index in [1.807, 2.05) is 0 Å². The second-order valence-corrected chi connectivity index (χ2v) is 5.16. The molecule has 26 heavy (non-hydrogen) atoms. The Morgan fingerprint density at radius 2 is 1.73 bits per heavy atom. The van der Waals surface area contributed by atoms with E-state index in [1.54, 1.807) is 18.2 Å². The Morgan fingerprint density at radius 3 is 2.35 bits per heavy atom. The summed E-state index contributed by atoms with van der Waals surface area (Å²) in [5.41, 5.74) is 4.52. The number of hydrogen-bond donors (Lipinski definition) is 2. The van der Waals surface area contributed by atoms with Crippen LogP contribution in [0.25, 0.3) is 0 Å². The number of hydrogen-bond acceptors (Lipinski definition) is 6. The quantitative estimate of drug-likeness (QED) is 0.600. The maximum atomic E-state index is 12.0. The van der Waals surface area contributed by atoms with Crippen molar-refractivity contribution in [1.82, 2.24) is 10.9 Å². The molecule has 1 atom stereocenters. The molecule has 0 fully saturated rings. The van der Waals surface area contributed by atoms with Crippen LogP contribution >= 0.6 is 0 Å². The summed E-state index contributed by atoms with van der Waals surface area (Å²) in [5.74, 6) is -0.636. The molecular weight excluding hydrogens is 342 g/mol. The predicted molar refractivity (Wildman–Crippen MR) is 91.8 cm³/mol. The summed E-state index contributed by atoms with van der Waals surface area (Å²) >= 11 is 0. The van der Waals surface area contributed by atoms with Crippen molar-refractivity contribution in [3.05, 3.63) is 64.2 Å². The van der Waals surface area contributed by atoms with Gasteiger partial charge in [-0.2, -0.15) is 0 Å². The van der Waals surface area contributed by atoms with Crippen molar-refractivity contribution in [3.63, 3.8) is 0 Å². The molecule has 2 amide bonds. The Balaban J connectivity index is 1.92. The summed E-state index contributed by atoms with van der Waals surface area (Å²) in [6, 6.07) is 12.0. The highest BCUT2D eigenvalue weighted by atomic mass is 16.6. The number of methoxy groups -OCH3 is 1. The van der Waals surface area contributed by atoms with Gasteiger partial charge in [0.15, 0.2) is 11.9 Å². The molecule has 2 N–H and O–H groups in total.